The normalized spacial score (nSPS) is 12.3. The molecule has 1 aromatic heterocycles. The second-order valence-corrected chi connectivity index (χ2v) is 6.69. The van der Waals surface area contributed by atoms with Crippen molar-refractivity contribution >= 4 is 22.9 Å². The van der Waals surface area contributed by atoms with Crippen molar-refractivity contribution in [3.63, 3.8) is 0 Å². The molecule has 0 amide bonds. The molecule has 1 N–H and O–H groups in total. The first-order chi connectivity index (χ1) is 9.71. The molecule has 2 nitrogen and oxygen atoms in total. The molecule has 20 heavy (non-hydrogen) atoms. The van der Waals surface area contributed by atoms with Gasteiger partial charge in [0.1, 0.15) is 5.75 Å². The molecule has 0 saturated carbocycles. The van der Waals surface area contributed by atoms with Crippen LogP contribution in [0.25, 0.3) is 0 Å². The largest absolute Gasteiger partial charge is 0.497 e. The summed E-state index contributed by atoms with van der Waals surface area (Å²) < 4.78 is 6.15. The summed E-state index contributed by atoms with van der Waals surface area (Å²) in [5.74, 6) is 1.48. The maximum absolute atomic E-state index is 6.01. The number of benzene rings is 1. The predicted molar refractivity (Wildman–Crippen MR) is 87.1 cm³/mol. The Bertz CT molecular complexity index is 541. The van der Waals surface area contributed by atoms with Gasteiger partial charge in [-0.15, -0.1) is 11.3 Å². The van der Waals surface area contributed by atoms with Gasteiger partial charge in [-0.3, -0.25) is 0 Å². The average Bonchev–Trinajstić information content (AvgIpc) is 2.84. The topological polar surface area (TPSA) is 21.3 Å². The van der Waals surface area contributed by atoms with Crippen LogP contribution in [-0.4, -0.2) is 20.7 Å². The lowest BCUT2D eigenvalue weighted by Crippen LogP contribution is -2.22. The van der Waals surface area contributed by atoms with Gasteiger partial charge in [-0.2, -0.15) is 0 Å². The lowest BCUT2D eigenvalue weighted by molar-refractivity contribution is 0.413. The van der Waals surface area contributed by atoms with Gasteiger partial charge in [-0.05, 0) is 62.2 Å². The average molecular weight is 310 g/mol. The van der Waals surface area contributed by atoms with Gasteiger partial charge in [0, 0.05) is 4.88 Å². The number of hydrogen-bond acceptors (Lipinski definition) is 3. The molecular weight excluding hydrogens is 290 g/mol. The van der Waals surface area contributed by atoms with Crippen molar-refractivity contribution in [3.05, 3.63) is 51.2 Å². The van der Waals surface area contributed by atoms with E-state index >= 15 is 0 Å². The Labute approximate surface area is 129 Å². The Kier molecular flexibility index (Phi) is 5.89. The standard InChI is InChI=1S/C16H20ClNOS/c1-18-11-13(10-15-6-7-16(17)20-15)8-12-4-3-5-14(9-12)19-2/h3-7,9,13,18H,8,10-11H2,1-2H3. The Morgan fingerprint density at radius 1 is 1.25 bits per heavy atom. The van der Waals surface area contributed by atoms with Crippen molar-refractivity contribution in [2.45, 2.75) is 12.8 Å². The lowest BCUT2D eigenvalue weighted by atomic mass is 9.95. The minimum absolute atomic E-state index is 0.557. The molecule has 0 aliphatic heterocycles. The summed E-state index contributed by atoms with van der Waals surface area (Å²) in [7, 11) is 3.71. The van der Waals surface area contributed by atoms with Crippen molar-refractivity contribution < 1.29 is 4.74 Å². The number of nitrogens with one attached hydrogen (secondary N) is 1. The Balaban J connectivity index is 2.04. The van der Waals surface area contributed by atoms with Crippen LogP contribution in [0.1, 0.15) is 10.4 Å². The van der Waals surface area contributed by atoms with Crippen molar-refractivity contribution in [1.82, 2.24) is 5.32 Å². The molecule has 108 valence electrons. The first-order valence-electron chi connectivity index (χ1n) is 6.73. The molecule has 0 fully saturated rings. The molecule has 0 radical (unpaired) electrons. The number of thiophene rings is 1. The fourth-order valence-electron chi connectivity index (χ4n) is 2.38. The molecule has 4 heteroatoms. The van der Waals surface area contributed by atoms with Gasteiger partial charge in [0.05, 0.1) is 11.4 Å². The van der Waals surface area contributed by atoms with E-state index in [0.29, 0.717) is 5.92 Å². The van der Waals surface area contributed by atoms with E-state index in [1.54, 1.807) is 18.4 Å². The third-order valence-corrected chi connectivity index (χ3v) is 4.52. The van der Waals surface area contributed by atoms with Crippen molar-refractivity contribution in [2.75, 3.05) is 20.7 Å². The molecular formula is C16H20ClNOS. The molecule has 1 unspecified atom stereocenters. The summed E-state index contributed by atoms with van der Waals surface area (Å²) >= 11 is 7.68. The molecule has 2 aromatic rings. The highest BCUT2D eigenvalue weighted by molar-refractivity contribution is 7.16. The van der Waals surface area contributed by atoms with Gasteiger partial charge < -0.3 is 10.1 Å². The number of methoxy groups -OCH3 is 1. The minimum atomic E-state index is 0.557. The van der Waals surface area contributed by atoms with Crippen LogP contribution >= 0.6 is 22.9 Å². The van der Waals surface area contributed by atoms with Crippen LogP contribution in [0.2, 0.25) is 4.34 Å². The van der Waals surface area contributed by atoms with Crippen LogP contribution < -0.4 is 10.1 Å². The fraction of sp³-hybridized carbons (Fsp3) is 0.375. The first-order valence-corrected chi connectivity index (χ1v) is 7.92. The molecule has 0 spiro atoms. The molecule has 2 rings (SSSR count). The Hall–Kier alpha value is -1.03. The maximum atomic E-state index is 6.01. The van der Waals surface area contributed by atoms with Gasteiger partial charge in [-0.1, -0.05) is 23.7 Å². The number of hydrogen-bond donors (Lipinski definition) is 1. The molecule has 1 aromatic carbocycles. The number of halogens is 1. The lowest BCUT2D eigenvalue weighted by Gasteiger charge is -2.16. The van der Waals surface area contributed by atoms with Crippen LogP contribution in [0.4, 0.5) is 0 Å². The second kappa shape index (κ2) is 7.67. The zero-order valence-electron chi connectivity index (χ0n) is 11.9. The maximum Gasteiger partial charge on any atom is 0.119 e. The van der Waals surface area contributed by atoms with Crippen LogP contribution in [0.15, 0.2) is 36.4 Å². The van der Waals surface area contributed by atoms with Gasteiger partial charge >= 0.3 is 0 Å². The third-order valence-electron chi connectivity index (χ3n) is 3.27. The van der Waals surface area contributed by atoms with E-state index in [4.69, 9.17) is 16.3 Å². The van der Waals surface area contributed by atoms with E-state index in [2.05, 4.69) is 23.5 Å². The van der Waals surface area contributed by atoms with Crippen molar-refractivity contribution in [2.24, 2.45) is 5.92 Å². The highest BCUT2D eigenvalue weighted by Gasteiger charge is 2.12. The molecule has 0 aliphatic carbocycles. The molecule has 0 aliphatic rings. The highest BCUT2D eigenvalue weighted by atomic mass is 35.5. The van der Waals surface area contributed by atoms with Gasteiger partial charge in [0.25, 0.3) is 0 Å². The van der Waals surface area contributed by atoms with Crippen LogP contribution in [0.3, 0.4) is 0 Å². The van der Waals surface area contributed by atoms with Crippen LogP contribution in [0.5, 0.6) is 5.75 Å². The van der Waals surface area contributed by atoms with Gasteiger partial charge in [0.15, 0.2) is 0 Å². The molecule has 0 bridgehead atoms. The molecule has 1 heterocycles. The SMILES string of the molecule is CNCC(Cc1cccc(OC)c1)Cc1ccc(Cl)s1. The summed E-state index contributed by atoms with van der Waals surface area (Å²) in [5, 5.41) is 3.28. The quantitative estimate of drug-likeness (QED) is 0.833. The smallest absolute Gasteiger partial charge is 0.119 e. The van der Waals surface area contributed by atoms with E-state index in [0.717, 1.165) is 29.5 Å². The van der Waals surface area contributed by atoms with E-state index in [1.807, 2.05) is 25.2 Å². The molecule has 1 atom stereocenters. The van der Waals surface area contributed by atoms with E-state index in [-0.39, 0.29) is 0 Å². The summed E-state index contributed by atoms with van der Waals surface area (Å²) in [4.78, 5) is 1.35. The monoisotopic (exact) mass is 309 g/mol. The van der Waals surface area contributed by atoms with Gasteiger partial charge in [0.2, 0.25) is 0 Å². The third kappa shape index (κ3) is 4.51. The number of ether oxygens (including phenoxy) is 1. The zero-order chi connectivity index (χ0) is 14.4. The number of rotatable bonds is 7. The van der Waals surface area contributed by atoms with E-state index in [1.165, 1.54) is 10.4 Å². The second-order valence-electron chi connectivity index (χ2n) is 4.89. The summed E-state index contributed by atoms with van der Waals surface area (Å²) in [6.45, 7) is 0.993. The van der Waals surface area contributed by atoms with Crippen molar-refractivity contribution in [3.8, 4) is 5.75 Å². The summed E-state index contributed by atoms with van der Waals surface area (Å²) in [6, 6.07) is 12.4. The summed E-state index contributed by atoms with van der Waals surface area (Å²) in [6.07, 6.45) is 2.09. The fourth-order valence-corrected chi connectivity index (χ4v) is 3.59. The van der Waals surface area contributed by atoms with E-state index < -0.39 is 0 Å². The van der Waals surface area contributed by atoms with Gasteiger partial charge in [-0.25, -0.2) is 0 Å². The van der Waals surface area contributed by atoms with Crippen LogP contribution in [0, 0.1) is 5.92 Å². The molecule has 0 saturated heterocycles. The van der Waals surface area contributed by atoms with Crippen molar-refractivity contribution in [1.29, 1.82) is 0 Å². The Morgan fingerprint density at radius 2 is 2.10 bits per heavy atom. The summed E-state index contributed by atoms with van der Waals surface area (Å²) in [5.41, 5.74) is 1.31. The van der Waals surface area contributed by atoms with E-state index in [9.17, 15) is 0 Å². The zero-order valence-corrected chi connectivity index (χ0v) is 13.4. The predicted octanol–water partition coefficient (Wildman–Crippen LogP) is 4.03. The minimum Gasteiger partial charge on any atom is -0.497 e. The highest BCUT2D eigenvalue weighted by Crippen LogP contribution is 2.25. The van der Waals surface area contributed by atoms with Crippen LogP contribution in [-0.2, 0) is 12.8 Å². The first kappa shape index (κ1) is 15.4. The Morgan fingerprint density at radius 3 is 2.75 bits per heavy atom.